The van der Waals surface area contributed by atoms with Crippen LogP contribution in [0.25, 0.3) is 0 Å². The summed E-state index contributed by atoms with van der Waals surface area (Å²) in [6.45, 7) is 1.84. The summed E-state index contributed by atoms with van der Waals surface area (Å²) < 4.78 is 13.0. The molecule has 0 aliphatic heterocycles. The molecular weight excluding hydrogens is 155 g/mol. The number of hydrogen-bond donors (Lipinski definition) is 0. The van der Waals surface area contributed by atoms with Gasteiger partial charge in [0.15, 0.2) is 0 Å². The smallest absolute Gasteiger partial charge is 0.126 e. The van der Waals surface area contributed by atoms with Gasteiger partial charge < -0.3 is 4.79 Å². The average molecular weight is 166 g/mol. The highest BCUT2D eigenvalue weighted by molar-refractivity contribution is 5.51. The number of benzene rings is 1. The Hall–Kier alpha value is -1.18. The van der Waals surface area contributed by atoms with Gasteiger partial charge in [0.25, 0.3) is 0 Å². The van der Waals surface area contributed by atoms with Gasteiger partial charge >= 0.3 is 0 Å². The summed E-state index contributed by atoms with van der Waals surface area (Å²) in [5.41, 5.74) is 0.615. The van der Waals surface area contributed by atoms with E-state index in [0.717, 1.165) is 6.29 Å². The van der Waals surface area contributed by atoms with Crippen LogP contribution in [0.1, 0.15) is 24.8 Å². The van der Waals surface area contributed by atoms with Crippen LogP contribution < -0.4 is 0 Å². The van der Waals surface area contributed by atoms with Crippen molar-refractivity contribution in [2.45, 2.75) is 19.3 Å². The van der Waals surface area contributed by atoms with Gasteiger partial charge in [-0.2, -0.15) is 0 Å². The Balaban J connectivity index is 2.86. The van der Waals surface area contributed by atoms with Crippen LogP contribution in [0, 0.1) is 5.82 Å². The van der Waals surface area contributed by atoms with Crippen LogP contribution in [-0.4, -0.2) is 6.29 Å². The van der Waals surface area contributed by atoms with Crippen molar-refractivity contribution in [3.05, 3.63) is 35.6 Å². The lowest BCUT2D eigenvalue weighted by atomic mass is 9.98. The third-order valence-corrected chi connectivity index (χ3v) is 1.89. The molecule has 0 aliphatic rings. The van der Waals surface area contributed by atoms with Gasteiger partial charge in [-0.1, -0.05) is 25.1 Å². The largest absolute Gasteiger partial charge is 0.303 e. The number of halogens is 1. The highest BCUT2D eigenvalue weighted by Gasteiger charge is 2.08. The van der Waals surface area contributed by atoms with Crippen molar-refractivity contribution in [3.63, 3.8) is 0 Å². The van der Waals surface area contributed by atoms with Gasteiger partial charge in [-0.05, 0) is 17.5 Å². The zero-order valence-corrected chi connectivity index (χ0v) is 6.96. The van der Waals surface area contributed by atoms with Gasteiger partial charge in [-0.15, -0.1) is 0 Å². The first-order valence-corrected chi connectivity index (χ1v) is 3.93. The third-order valence-electron chi connectivity index (χ3n) is 1.89. The SMILES string of the molecule is CC(CC=O)c1ccccc1F. The van der Waals surface area contributed by atoms with Crippen molar-refractivity contribution < 1.29 is 9.18 Å². The second kappa shape index (κ2) is 4.00. The van der Waals surface area contributed by atoms with E-state index in [1.807, 2.05) is 6.92 Å². The molecule has 2 heteroatoms. The molecule has 1 aromatic carbocycles. The van der Waals surface area contributed by atoms with E-state index in [1.165, 1.54) is 6.07 Å². The zero-order valence-electron chi connectivity index (χ0n) is 6.96. The molecule has 1 atom stereocenters. The standard InChI is InChI=1S/C10H11FO/c1-8(6-7-12)9-4-2-3-5-10(9)11/h2-5,7-8H,6H2,1H3. The highest BCUT2D eigenvalue weighted by Crippen LogP contribution is 2.20. The maximum Gasteiger partial charge on any atom is 0.126 e. The number of carbonyl (C=O) groups is 1. The van der Waals surface area contributed by atoms with Gasteiger partial charge in [-0.25, -0.2) is 4.39 Å². The summed E-state index contributed by atoms with van der Waals surface area (Å²) >= 11 is 0. The number of hydrogen-bond acceptors (Lipinski definition) is 1. The maximum absolute atomic E-state index is 13.0. The Kier molecular flexibility index (Phi) is 2.97. The summed E-state index contributed by atoms with van der Waals surface area (Å²) in [5, 5.41) is 0. The second-order valence-corrected chi connectivity index (χ2v) is 2.82. The topological polar surface area (TPSA) is 17.1 Å². The van der Waals surface area contributed by atoms with Crippen molar-refractivity contribution in [3.8, 4) is 0 Å². The Bertz CT molecular complexity index is 270. The van der Waals surface area contributed by atoms with Crippen LogP contribution in [0.3, 0.4) is 0 Å². The molecule has 0 saturated heterocycles. The van der Waals surface area contributed by atoms with E-state index < -0.39 is 0 Å². The minimum atomic E-state index is -0.230. The monoisotopic (exact) mass is 166 g/mol. The summed E-state index contributed by atoms with van der Waals surface area (Å²) in [6, 6.07) is 6.55. The highest BCUT2D eigenvalue weighted by atomic mass is 19.1. The molecule has 0 amide bonds. The molecule has 0 aromatic heterocycles. The van der Waals surface area contributed by atoms with Gasteiger partial charge in [0.2, 0.25) is 0 Å². The fourth-order valence-corrected chi connectivity index (χ4v) is 1.15. The molecule has 0 N–H and O–H groups in total. The summed E-state index contributed by atoms with van der Waals surface area (Å²) in [7, 11) is 0. The van der Waals surface area contributed by atoms with Crippen molar-refractivity contribution in [1.29, 1.82) is 0 Å². The summed E-state index contributed by atoms with van der Waals surface area (Å²) in [5.74, 6) is -0.254. The normalized spacial score (nSPS) is 12.5. The van der Waals surface area contributed by atoms with Crippen molar-refractivity contribution in [2.75, 3.05) is 0 Å². The molecule has 0 saturated carbocycles. The lowest BCUT2D eigenvalue weighted by Gasteiger charge is -2.08. The van der Waals surface area contributed by atoms with Crippen LogP contribution in [0.4, 0.5) is 4.39 Å². The van der Waals surface area contributed by atoms with E-state index in [0.29, 0.717) is 12.0 Å². The average Bonchev–Trinajstić information content (AvgIpc) is 2.05. The van der Waals surface area contributed by atoms with Gasteiger partial charge in [0.05, 0.1) is 0 Å². The molecule has 0 radical (unpaired) electrons. The van der Waals surface area contributed by atoms with Crippen LogP contribution in [0.5, 0.6) is 0 Å². The molecular formula is C10H11FO. The van der Waals surface area contributed by atoms with Crippen LogP contribution in [-0.2, 0) is 4.79 Å². The van der Waals surface area contributed by atoms with E-state index in [2.05, 4.69) is 0 Å². The molecule has 1 rings (SSSR count). The van der Waals surface area contributed by atoms with Gasteiger partial charge in [0.1, 0.15) is 12.1 Å². The van der Waals surface area contributed by atoms with Gasteiger partial charge in [0, 0.05) is 6.42 Å². The van der Waals surface area contributed by atoms with Crippen molar-refractivity contribution >= 4 is 6.29 Å². The Morgan fingerprint density at radius 3 is 2.75 bits per heavy atom. The van der Waals surface area contributed by atoms with Crippen LogP contribution in [0.15, 0.2) is 24.3 Å². The minimum absolute atomic E-state index is 0.0244. The fraction of sp³-hybridized carbons (Fsp3) is 0.300. The lowest BCUT2D eigenvalue weighted by molar-refractivity contribution is -0.108. The molecule has 0 spiro atoms. The van der Waals surface area contributed by atoms with E-state index in [9.17, 15) is 9.18 Å². The lowest BCUT2D eigenvalue weighted by Crippen LogP contribution is -1.97. The first kappa shape index (κ1) is 8.91. The molecule has 64 valence electrons. The predicted octanol–water partition coefficient (Wildman–Crippen LogP) is 2.52. The first-order valence-electron chi connectivity index (χ1n) is 3.93. The third kappa shape index (κ3) is 1.91. The van der Waals surface area contributed by atoms with E-state index in [-0.39, 0.29) is 11.7 Å². The van der Waals surface area contributed by atoms with Crippen molar-refractivity contribution in [2.24, 2.45) is 0 Å². The Labute approximate surface area is 71.2 Å². The minimum Gasteiger partial charge on any atom is -0.303 e. The molecule has 0 aliphatic carbocycles. The Morgan fingerprint density at radius 2 is 2.17 bits per heavy atom. The van der Waals surface area contributed by atoms with E-state index >= 15 is 0 Å². The molecule has 1 aromatic rings. The van der Waals surface area contributed by atoms with Crippen molar-refractivity contribution in [1.82, 2.24) is 0 Å². The van der Waals surface area contributed by atoms with Crippen LogP contribution in [0.2, 0.25) is 0 Å². The van der Waals surface area contributed by atoms with E-state index in [1.54, 1.807) is 18.2 Å². The molecule has 0 bridgehead atoms. The number of carbonyl (C=O) groups excluding carboxylic acids is 1. The Morgan fingerprint density at radius 1 is 1.50 bits per heavy atom. The van der Waals surface area contributed by atoms with E-state index in [4.69, 9.17) is 0 Å². The molecule has 12 heavy (non-hydrogen) atoms. The zero-order chi connectivity index (χ0) is 8.97. The quantitative estimate of drug-likeness (QED) is 0.630. The predicted molar refractivity (Wildman–Crippen MR) is 45.5 cm³/mol. The maximum atomic E-state index is 13.0. The second-order valence-electron chi connectivity index (χ2n) is 2.82. The summed E-state index contributed by atoms with van der Waals surface area (Å²) in [4.78, 5) is 10.2. The number of aldehydes is 1. The summed E-state index contributed by atoms with van der Waals surface area (Å²) in [6.07, 6.45) is 1.19. The molecule has 1 unspecified atom stereocenters. The first-order chi connectivity index (χ1) is 5.75. The fourth-order valence-electron chi connectivity index (χ4n) is 1.15. The molecule has 0 heterocycles. The molecule has 0 fully saturated rings. The number of rotatable bonds is 3. The van der Waals surface area contributed by atoms with Gasteiger partial charge in [-0.3, -0.25) is 0 Å². The molecule has 1 nitrogen and oxygen atoms in total. The van der Waals surface area contributed by atoms with Crippen LogP contribution >= 0.6 is 0 Å².